The minimum absolute atomic E-state index is 0.0187. The van der Waals surface area contributed by atoms with Gasteiger partial charge in [-0.1, -0.05) is 19.9 Å². The topological polar surface area (TPSA) is 113 Å². The molecule has 0 aromatic heterocycles. The second kappa shape index (κ2) is 9.13. The minimum atomic E-state index is -3.89. The molecule has 1 aliphatic rings. The van der Waals surface area contributed by atoms with Gasteiger partial charge in [0.25, 0.3) is 5.91 Å². The third kappa shape index (κ3) is 6.27. The summed E-state index contributed by atoms with van der Waals surface area (Å²) in [5, 5.41) is 2.79. The number of likely N-dealkylation sites (N-methyl/N-ethyl adjacent to an activating group) is 1. The molecule has 8 nitrogen and oxygen atoms in total. The molecule has 1 atom stereocenters. The van der Waals surface area contributed by atoms with Crippen LogP contribution in [0.5, 0.6) is 0 Å². The van der Waals surface area contributed by atoms with Crippen LogP contribution in [0, 0.1) is 0 Å². The first-order valence-electron chi connectivity index (χ1n) is 9.00. The Morgan fingerprint density at radius 2 is 1.96 bits per heavy atom. The number of hydrogen-bond donors (Lipinski definition) is 2. The zero-order valence-corrected chi connectivity index (χ0v) is 17.3. The number of hydrogen-bond acceptors (Lipinski definition) is 6. The van der Waals surface area contributed by atoms with E-state index in [9.17, 15) is 21.6 Å². The summed E-state index contributed by atoms with van der Waals surface area (Å²) in [4.78, 5) is 14.4. The van der Waals surface area contributed by atoms with Gasteiger partial charge in [-0.2, -0.15) is 0 Å². The van der Waals surface area contributed by atoms with Gasteiger partial charge in [0.15, 0.2) is 9.84 Å². The van der Waals surface area contributed by atoms with Crippen molar-refractivity contribution >= 4 is 25.8 Å². The van der Waals surface area contributed by atoms with Crippen molar-refractivity contribution in [2.24, 2.45) is 0 Å². The van der Waals surface area contributed by atoms with Crippen molar-refractivity contribution in [3.8, 4) is 0 Å². The maximum Gasteiger partial charge on any atom is 0.251 e. The predicted octanol–water partition coefficient (Wildman–Crippen LogP) is 0.224. The molecule has 1 heterocycles. The Morgan fingerprint density at radius 3 is 2.56 bits per heavy atom. The molecule has 1 unspecified atom stereocenters. The van der Waals surface area contributed by atoms with Crippen LogP contribution in [-0.4, -0.2) is 71.4 Å². The van der Waals surface area contributed by atoms with Gasteiger partial charge in [0.05, 0.1) is 16.4 Å². The number of amides is 1. The lowest BCUT2D eigenvalue weighted by Gasteiger charge is -2.18. The summed E-state index contributed by atoms with van der Waals surface area (Å²) >= 11 is 0. The molecule has 0 bridgehead atoms. The number of sulfone groups is 1. The summed E-state index contributed by atoms with van der Waals surface area (Å²) in [7, 11) is -7.08. The van der Waals surface area contributed by atoms with Crippen molar-refractivity contribution in [2.45, 2.75) is 31.2 Å². The predicted molar refractivity (Wildman–Crippen MR) is 104 cm³/mol. The molecule has 0 radical (unpaired) electrons. The van der Waals surface area contributed by atoms with Gasteiger partial charge in [-0.15, -0.1) is 0 Å². The lowest BCUT2D eigenvalue weighted by atomic mass is 10.2. The summed E-state index contributed by atoms with van der Waals surface area (Å²) in [6.07, 6.45) is 0.257. The van der Waals surface area contributed by atoms with E-state index in [0.29, 0.717) is 13.1 Å². The quantitative estimate of drug-likeness (QED) is 0.595. The molecule has 0 aliphatic carbocycles. The highest BCUT2D eigenvalue weighted by Gasteiger charge is 2.31. The number of rotatable bonds is 9. The van der Waals surface area contributed by atoms with E-state index < -0.39 is 25.9 Å². The molecule has 1 amide bonds. The molecule has 1 fully saturated rings. The summed E-state index contributed by atoms with van der Waals surface area (Å²) < 4.78 is 50.5. The minimum Gasteiger partial charge on any atom is -0.351 e. The van der Waals surface area contributed by atoms with Crippen LogP contribution in [0.4, 0.5) is 0 Å². The Morgan fingerprint density at radius 1 is 1.26 bits per heavy atom. The smallest absolute Gasteiger partial charge is 0.251 e. The van der Waals surface area contributed by atoms with Crippen LogP contribution in [0.1, 0.15) is 30.6 Å². The van der Waals surface area contributed by atoms with Gasteiger partial charge in [0.2, 0.25) is 10.0 Å². The van der Waals surface area contributed by atoms with E-state index in [2.05, 4.69) is 14.9 Å². The van der Waals surface area contributed by atoms with Crippen molar-refractivity contribution in [2.75, 3.05) is 37.7 Å². The van der Waals surface area contributed by atoms with Crippen LogP contribution in [0.3, 0.4) is 0 Å². The molecule has 1 aromatic carbocycles. The number of carbonyl (C=O) groups excluding carboxylic acids is 1. The normalized spacial score (nSPS) is 19.3. The standard InChI is InChI=1S/C17H27N3O5S2/c1-3-20(4-2)10-9-18-17(21)14-6-5-7-16(12-14)27(24,25)19-15-8-11-26(22,23)13-15/h5-7,12,15,19H,3-4,8-11,13H2,1-2H3,(H,18,21). The van der Waals surface area contributed by atoms with E-state index in [1.807, 2.05) is 13.8 Å². The Kier molecular flexibility index (Phi) is 7.38. The van der Waals surface area contributed by atoms with E-state index in [1.54, 1.807) is 6.07 Å². The molecule has 2 N–H and O–H groups in total. The van der Waals surface area contributed by atoms with Crippen molar-refractivity contribution < 1.29 is 21.6 Å². The van der Waals surface area contributed by atoms with Gasteiger partial charge in [-0.3, -0.25) is 4.79 Å². The number of carbonyl (C=O) groups is 1. The number of benzene rings is 1. The van der Waals surface area contributed by atoms with Gasteiger partial charge in [-0.25, -0.2) is 21.6 Å². The number of nitrogens with zero attached hydrogens (tertiary/aromatic N) is 1. The largest absolute Gasteiger partial charge is 0.351 e. The number of nitrogens with one attached hydrogen (secondary N) is 2. The highest BCUT2D eigenvalue weighted by Crippen LogP contribution is 2.17. The average molecular weight is 418 g/mol. The molecule has 10 heteroatoms. The van der Waals surface area contributed by atoms with E-state index in [1.165, 1.54) is 18.2 Å². The van der Waals surface area contributed by atoms with E-state index in [-0.39, 0.29) is 34.3 Å². The van der Waals surface area contributed by atoms with Gasteiger partial charge >= 0.3 is 0 Å². The average Bonchev–Trinajstić information content (AvgIpc) is 2.96. The summed E-state index contributed by atoms with van der Waals surface area (Å²) in [5.74, 6) is -0.560. The first-order chi connectivity index (χ1) is 12.7. The fourth-order valence-corrected chi connectivity index (χ4v) is 6.04. The van der Waals surface area contributed by atoms with E-state index >= 15 is 0 Å². The van der Waals surface area contributed by atoms with Crippen LogP contribution in [-0.2, 0) is 19.9 Å². The molecule has 2 rings (SSSR count). The molecular weight excluding hydrogens is 390 g/mol. The second-order valence-electron chi connectivity index (χ2n) is 6.53. The van der Waals surface area contributed by atoms with E-state index in [4.69, 9.17) is 0 Å². The van der Waals surface area contributed by atoms with Crippen molar-refractivity contribution in [1.29, 1.82) is 0 Å². The maximum atomic E-state index is 12.5. The fraction of sp³-hybridized carbons (Fsp3) is 0.588. The van der Waals surface area contributed by atoms with Gasteiger partial charge in [0.1, 0.15) is 0 Å². The molecule has 1 aliphatic heterocycles. The second-order valence-corrected chi connectivity index (χ2v) is 10.5. The van der Waals surface area contributed by atoms with Crippen LogP contribution >= 0.6 is 0 Å². The van der Waals surface area contributed by atoms with Crippen LogP contribution in [0.25, 0.3) is 0 Å². The van der Waals surface area contributed by atoms with Crippen LogP contribution < -0.4 is 10.0 Å². The first-order valence-corrected chi connectivity index (χ1v) is 12.3. The maximum absolute atomic E-state index is 12.5. The molecule has 1 saturated heterocycles. The zero-order valence-electron chi connectivity index (χ0n) is 15.6. The Balaban J connectivity index is 2.02. The first kappa shape index (κ1) is 21.8. The van der Waals surface area contributed by atoms with Crippen molar-refractivity contribution in [3.63, 3.8) is 0 Å². The lowest BCUT2D eigenvalue weighted by Crippen LogP contribution is -2.36. The molecule has 27 heavy (non-hydrogen) atoms. The summed E-state index contributed by atoms with van der Waals surface area (Å²) in [5.41, 5.74) is 0.247. The van der Waals surface area contributed by atoms with Crippen molar-refractivity contribution in [1.82, 2.24) is 14.9 Å². The molecular formula is C17H27N3O5S2. The fourth-order valence-electron chi connectivity index (χ4n) is 2.95. The third-order valence-corrected chi connectivity index (χ3v) is 7.85. The Hall–Kier alpha value is -1.49. The van der Waals surface area contributed by atoms with Gasteiger partial charge < -0.3 is 10.2 Å². The third-order valence-electron chi connectivity index (χ3n) is 4.57. The highest BCUT2D eigenvalue weighted by atomic mass is 32.2. The SMILES string of the molecule is CCN(CC)CCNC(=O)c1cccc(S(=O)(=O)NC2CCS(=O)(=O)C2)c1. The van der Waals surface area contributed by atoms with Crippen LogP contribution in [0.2, 0.25) is 0 Å². The Labute approximate surface area is 161 Å². The lowest BCUT2D eigenvalue weighted by molar-refractivity contribution is 0.0948. The van der Waals surface area contributed by atoms with Crippen molar-refractivity contribution in [3.05, 3.63) is 29.8 Å². The molecule has 0 spiro atoms. The summed E-state index contributed by atoms with van der Waals surface area (Å²) in [6, 6.07) is 5.11. The molecule has 1 aromatic rings. The number of sulfonamides is 1. The van der Waals surface area contributed by atoms with E-state index in [0.717, 1.165) is 13.1 Å². The van der Waals surface area contributed by atoms with Gasteiger partial charge in [-0.05, 0) is 37.7 Å². The zero-order chi connectivity index (χ0) is 20.1. The highest BCUT2D eigenvalue weighted by molar-refractivity contribution is 7.92. The van der Waals surface area contributed by atoms with Gasteiger partial charge in [0, 0.05) is 24.7 Å². The molecule has 152 valence electrons. The van der Waals surface area contributed by atoms with Crippen LogP contribution in [0.15, 0.2) is 29.2 Å². The monoisotopic (exact) mass is 417 g/mol. The molecule has 0 saturated carbocycles. The Bertz CT molecular complexity index is 864. The summed E-state index contributed by atoms with van der Waals surface area (Å²) in [6.45, 7) is 7.06.